The average Bonchev–Trinajstić information content (AvgIpc) is 2.52. The monoisotopic (exact) mass is 296 g/mol. The van der Waals surface area contributed by atoms with Gasteiger partial charge in [0.1, 0.15) is 0 Å². The van der Waals surface area contributed by atoms with Gasteiger partial charge < -0.3 is 10.6 Å². The zero-order valence-corrected chi connectivity index (χ0v) is 13.0. The quantitative estimate of drug-likeness (QED) is 0.648. The molecule has 0 aliphatic heterocycles. The van der Waals surface area contributed by atoms with Gasteiger partial charge in [0.15, 0.2) is 5.11 Å². The van der Waals surface area contributed by atoms with Gasteiger partial charge in [-0.25, -0.2) is 0 Å². The molecule has 0 amide bonds. The molecule has 0 heterocycles. The molecule has 2 aromatic rings. The predicted molar refractivity (Wildman–Crippen MR) is 93.3 cm³/mol. The second-order valence-electron chi connectivity index (χ2n) is 5.04. The van der Waals surface area contributed by atoms with Gasteiger partial charge in [0.25, 0.3) is 0 Å². The maximum absolute atomic E-state index is 5.39. The molecule has 0 atom stereocenters. The second-order valence-corrected chi connectivity index (χ2v) is 5.45. The number of thiocarbonyl (C=S) groups is 1. The Bertz CT molecular complexity index is 554. The summed E-state index contributed by atoms with van der Waals surface area (Å²) < 4.78 is 0. The van der Waals surface area contributed by atoms with Crippen LogP contribution in [0.2, 0.25) is 0 Å². The summed E-state index contributed by atoms with van der Waals surface area (Å²) in [6.07, 6.45) is 0. The molecular weight excluding hydrogens is 276 g/mol. The van der Waals surface area contributed by atoms with E-state index in [1.54, 1.807) is 0 Å². The highest BCUT2D eigenvalue weighted by Crippen LogP contribution is 2.21. The highest BCUT2D eigenvalue weighted by molar-refractivity contribution is 7.80. The fourth-order valence-electron chi connectivity index (χ4n) is 2.06. The molecule has 2 aromatic carbocycles. The summed E-state index contributed by atoms with van der Waals surface area (Å²) in [4.78, 5) is 0. The van der Waals surface area contributed by atoms with Crippen LogP contribution in [0.4, 0.5) is 0 Å². The van der Waals surface area contributed by atoms with E-state index in [0.29, 0.717) is 11.7 Å². The van der Waals surface area contributed by atoms with Gasteiger partial charge in [0.05, 0.1) is 6.04 Å². The zero-order chi connectivity index (χ0) is 15.1. The minimum absolute atomic E-state index is 0.0394. The Hall–Kier alpha value is -2.13. The molecule has 0 fully saturated rings. The normalized spacial score (nSPS) is 10.2. The lowest BCUT2D eigenvalue weighted by atomic mass is 9.99. The molecule has 0 bridgehead atoms. The highest BCUT2D eigenvalue weighted by Gasteiger charge is 2.14. The summed E-state index contributed by atoms with van der Waals surface area (Å²) in [5.41, 5.74) is 3.42. The lowest BCUT2D eigenvalue weighted by Gasteiger charge is -2.22. The van der Waals surface area contributed by atoms with Gasteiger partial charge in [0, 0.05) is 6.54 Å². The van der Waals surface area contributed by atoms with Crippen molar-refractivity contribution in [3.05, 3.63) is 83.9 Å². The number of benzene rings is 2. The Labute approximate surface area is 131 Å². The van der Waals surface area contributed by atoms with Crippen molar-refractivity contribution in [3.63, 3.8) is 0 Å². The fraction of sp³-hybridized carbons (Fsp3) is 0.167. The zero-order valence-electron chi connectivity index (χ0n) is 12.2. The lowest BCUT2D eigenvalue weighted by Crippen LogP contribution is -2.38. The number of hydrogen-bond donors (Lipinski definition) is 2. The van der Waals surface area contributed by atoms with Gasteiger partial charge >= 0.3 is 0 Å². The van der Waals surface area contributed by atoms with Crippen molar-refractivity contribution in [2.45, 2.75) is 13.0 Å². The van der Waals surface area contributed by atoms with Crippen molar-refractivity contribution in [1.29, 1.82) is 0 Å². The van der Waals surface area contributed by atoms with Gasteiger partial charge in [0.2, 0.25) is 0 Å². The molecule has 0 aliphatic rings. The van der Waals surface area contributed by atoms with E-state index in [-0.39, 0.29) is 6.04 Å². The SMILES string of the molecule is C=C(C)CNC(=S)NC(c1ccccc1)c1ccccc1. The third kappa shape index (κ3) is 4.72. The first kappa shape index (κ1) is 15.3. The Kier molecular flexibility index (Phi) is 5.52. The van der Waals surface area contributed by atoms with E-state index >= 15 is 0 Å². The van der Waals surface area contributed by atoms with E-state index in [1.807, 2.05) is 43.3 Å². The van der Waals surface area contributed by atoms with Crippen molar-refractivity contribution >= 4 is 17.3 Å². The van der Waals surface area contributed by atoms with Crippen LogP contribution in [-0.4, -0.2) is 11.7 Å². The largest absolute Gasteiger partial charge is 0.359 e. The van der Waals surface area contributed by atoms with Gasteiger partial charge in [-0.15, -0.1) is 0 Å². The first-order valence-electron chi connectivity index (χ1n) is 6.95. The Balaban J connectivity index is 2.17. The van der Waals surface area contributed by atoms with Crippen LogP contribution in [0.3, 0.4) is 0 Å². The van der Waals surface area contributed by atoms with Crippen LogP contribution in [-0.2, 0) is 0 Å². The number of rotatable bonds is 5. The van der Waals surface area contributed by atoms with E-state index in [9.17, 15) is 0 Å². The molecule has 2 N–H and O–H groups in total. The molecule has 0 aliphatic carbocycles. The lowest BCUT2D eigenvalue weighted by molar-refractivity contribution is 0.744. The Morgan fingerprint density at radius 1 is 1.00 bits per heavy atom. The van der Waals surface area contributed by atoms with Crippen molar-refractivity contribution in [3.8, 4) is 0 Å². The molecule has 108 valence electrons. The third-order valence-corrected chi connectivity index (χ3v) is 3.35. The smallest absolute Gasteiger partial charge is 0.167 e. The van der Waals surface area contributed by atoms with Crippen LogP contribution >= 0.6 is 12.2 Å². The van der Waals surface area contributed by atoms with Crippen molar-refractivity contribution in [1.82, 2.24) is 10.6 Å². The number of nitrogens with one attached hydrogen (secondary N) is 2. The second kappa shape index (κ2) is 7.60. The summed E-state index contributed by atoms with van der Waals surface area (Å²) in [6.45, 7) is 6.53. The molecule has 0 unspecified atom stereocenters. The van der Waals surface area contributed by atoms with E-state index in [2.05, 4.69) is 41.5 Å². The summed E-state index contributed by atoms with van der Waals surface area (Å²) in [5, 5.41) is 7.19. The maximum atomic E-state index is 5.39. The van der Waals surface area contributed by atoms with Crippen LogP contribution in [0.1, 0.15) is 24.1 Å². The standard InChI is InChI=1S/C18H20N2S/c1-14(2)13-19-18(21)20-17(15-9-5-3-6-10-15)16-11-7-4-8-12-16/h3-12,17H,1,13H2,2H3,(H2,19,20,21). The van der Waals surface area contributed by atoms with Gasteiger partial charge in [-0.1, -0.05) is 72.8 Å². The third-order valence-electron chi connectivity index (χ3n) is 3.09. The van der Waals surface area contributed by atoms with E-state index in [0.717, 1.165) is 5.57 Å². The Morgan fingerprint density at radius 3 is 1.90 bits per heavy atom. The van der Waals surface area contributed by atoms with Crippen LogP contribution in [0.15, 0.2) is 72.8 Å². The van der Waals surface area contributed by atoms with Crippen molar-refractivity contribution < 1.29 is 0 Å². The molecule has 0 spiro atoms. The fourth-order valence-corrected chi connectivity index (χ4v) is 2.25. The van der Waals surface area contributed by atoms with Crippen molar-refractivity contribution in [2.24, 2.45) is 0 Å². The predicted octanol–water partition coefficient (Wildman–Crippen LogP) is 3.82. The molecule has 3 heteroatoms. The minimum Gasteiger partial charge on any atom is -0.359 e. The van der Waals surface area contributed by atoms with Crippen LogP contribution in [0, 0.1) is 0 Å². The molecule has 0 aromatic heterocycles. The number of hydrogen-bond acceptors (Lipinski definition) is 1. The van der Waals surface area contributed by atoms with E-state index in [1.165, 1.54) is 11.1 Å². The summed E-state index contributed by atoms with van der Waals surface area (Å²) >= 11 is 5.39. The molecule has 2 rings (SSSR count). The van der Waals surface area contributed by atoms with Gasteiger partial charge in [-0.2, -0.15) is 0 Å². The molecule has 0 radical (unpaired) electrons. The molecule has 0 saturated heterocycles. The summed E-state index contributed by atoms with van der Waals surface area (Å²) in [7, 11) is 0. The van der Waals surface area contributed by atoms with E-state index < -0.39 is 0 Å². The molecule has 21 heavy (non-hydrogen) atoms. The molecule has 2 nitrogen and oxygen atoms in total. The van der Waals surface area contributed by atoms with Crippen molar-refractivity contribution in [2.75, 3.05) is 6.54 Å². The highest BCUT2D eigenvalue weighted by atomic mass is 32.1. The maximum Gasteiger partial charge on any atom is 0.167 e. The first-order chi connectivity index (χ1) is 10.2. The van der Waals surface area contributed by atoms with E-state index in [4.69, 9.17) is 12.2 Å². The molecular formula is C18H20N2S. The Morgan fingerprint density at radius 2 is 1.48 bits per heavy atom. The molecule has 0 saturated carbocycles. The first-order valence-corrected chi connectivity index (χ1v) is 7.36. The average molecular weight is 296 g/mol. The van der Waals surface area contributed by atoms with Crippen LogP contribution in [0.5, 0.6) is 0 Å². The van der Waals surface area contributed by atoms with Crippen LogP contribution < -0.4 is 10.6 Å². The summed E-state index contributed by atoms with van der Waals surface area (Å²) in [5.74, 6) is 0. The van der Waals surface area contributed by atoms with Crippen LogP contribution in [0.25, 0.3) is 0 Å². The minimum atomic E-state index is 0.0394. The van der Waals surface area contributed by atoms with Gasteiger partial charge in [-0.3, -0.25) is 0 Å². The summed E-state index contributed by atoms with van der Waals surface area (Å²) in [6, 6.07) is 20.6. The topological polar surface area (TPSA) is 24.1 Å². The van der Waals surface area contributed by atoms with Gasteiger partial charge in [-0.05, 0) is 30.3 Å².